The fraction of sp³-hybridized carbons (Fsp3) is 0.800. The Balaban J connectivity index is 2.47. The Morgan fingerprint density at radius 2 is 2.08 bits per heavy atom. The van der Waals surface area contributed by atoms with Gasteiger partial charge in [0.25, 0.3) is 0 Å². The standard InChI is InChI=1S/C10H18O2/c1-4-12-10-7-5-6-9(11-3)8(10)2/h9-10H,2,4-7H2,1,3H3. The van der Waals surface area contributed by atoms with Crippen molar-refractivity contribution in [1.29, 1.82) is 0 Å². The first kappa shape index (κ1) is 9.75. The Hall–Kier alpha value is -0.340. The fourth-order valence-electron chi connectivity index (χ4n) is 1.73. The second kappa shape index (κ2) is 4.63. The van der Waals surface area contributed by atoms with Crippen LogP contribution in [0.2, 0.25) is 0 Å². The van der Waals surface area contributed by atoms with Crippen molar-refractivity contribution >= 4 is 0 Å². The third kappa shape index (κ3) is 2.08. The van der Waals surface area contributed by atoms with Crippen molar-refractivity contribution in [2.75, 3.05) is 13.7 Å². The Labute approximate surface area is 74.6 Å². The van der Waals surface area contributed by atoms with Crippen LogP contribution >= 0.6 is 0 Å². The summed E-state index contributed by atoms with van der Waals surface area (Å²) in [5.74, 6) is 0. The Kier molecular flexibility index (Phi) is 3.76. The lowest BCUT2D eigenvalue weighted by Gasteiger charge is -2.30. The smallest absolute Gasteiger partial charge is 0.0807 e. The SMILES string of the molecule is C=C1C(OC)CCCC1OCC. The maximum absolute atomic E-state index is 5.55. The summed E-state index contributed by atoms with van der Waals surface area (Å²) in [6.07, 6.45) is 3.83. The lowest BCUT2D eigenvalue weighted by atomic mass is 9.90. The van der Waals surface area contributed by atoms with Gasteiger partial charge in [0, 0.05) is 13.7 Å². The normalized spacial score (nSPS) is 30.7. The molecule has 0 spiro atoms. The average Bonchev–Trinajstić information content (AvgIpc) is 2.09. The van der Waals surface area contributed by atoms with Gasteiger partial charge in [0.2, 0.25) is 0 Å². The molecule has 2 unspecified atom stereocenters. The molecule has 0 amide bonds. The van der Waals surface area contributed by atoms with Gasteiger partial charge in [0.05, 0.1) is 12.2 Å². The summed E-state index contributed by atoms with van der Waals surface area (Å²) in [6.45, 7) is 6.80. The van der Waals surface area contributed by atoms with Crippen LogP contribution in [0.5, 0.6) is 0 Å². The topological polar surface area (TPSA) is 18.5 Å². The van der Waals surface area contributed by atoms with E-state index in [2.05, 4.69) is 6.58 Å². The molecule has 1 fully saturated rings. The van der Waals surface area contributed by atoms with E-state index in [0.29, 0.717) is 0 Å². The molecule has 2 heteroatoms. The second-order valence-electron chi connectivity index (χ2n) is 3.17. The molecule has 70 valence electrons. The summed E-state index contributed by atoms with van der Waals surface area (Å²) in [7, 11) is 1.74. The van der Waals surface area contributed by atoms with Crippen molar-refractivity contribution in [2.45, 2.75) is 38.4 Å². The molecule has 0 heterocycles. The highest BCUT2D eigenvalue weighted by Crippen LogP contribution is 2.26. The van der Waals surface area contributed by atoms with Crippen molar-refractivity contribution < 1.29 is 9.47 Å². The van der Waals surface area contributed by atoms with Gasteiger partial charge in [-0.2, -0.15) is 0 Å². The van der Waals surface area contributed by atoms with Crippen LogP contribution in [-0.2, 0) is 9.47 Å². The van der Waals surface area contributed by atoms with E-state index in [1.54, 1.807) is 7.11 Å². The van der Waals surface area contributed by atoms with Gasteiger partial charge in [-0.3, -0.25) is 0 Å². The van der Waals surface area contributed by atoms with Crippen LogP contribution < -0.4 is 0 Å². The molecule has 1 rings (SSSR count). The zero-order valence-corrected chi connectivity index (χ0v) is 8.01. The molecule has 0 aliphatic heterocycles. The van der Waals surface area contributed by atoms with Gasteiger partial charge in [-0.25, -0.2) is 0 Å². The van der Waals surface area contributed by atoms with E-state index in [4.69, 9.17) is 9.47 Å². The second-order valence-corrected chi connectivity index (χ2v) is 3.17. The third-order valence-electron chi connectivity index (χ3n) is 2.41. The highest BCUT2D eigenvalue weighted by Gasteiger charge is 2.25. The quantitative estimate of drug-likeness (QED) is 0.604. The van der Waals surface area contributed by atoms with E-state index in [1.807, 2.05) is 6.92 Å². The fourth-order valence-corrected chi connectivity index (χ4v) is 1.73. The lowest BCUT2D eigenvalue weighted by molar-refractivity contribution is 0.0233. The molecular formula is C10H18O2. The van der Waals surface area contributed by atoms with Crippen molar-refractivity contribution in [1.82, 2.24) is 0 Å². The Morgan fingerprint density at radius 3 is 2.67 bits per heavy atom. The summed E-state index contributed by atoms with van der Waals surface area (Å²) in [4.78, 5) is 0. The zero-order valence-electron chi connectivity index (χ0n) is 8.01. The van der Waals surface area contributed by atoms with Crippen molar-refractivity contribution in [3.8, 4) is 0 Å². The van der Waals surface area contributed by atoms with E-state index in [0.717, 1.165) is 25.0 Å². The first-order chi connectivity index (χ1) is 5.79. The number of hydrogen-bond acceptors (Lipinski definition) is 2. The maximum atomic E-state index is 5.55. The first-order valence-electron chi connectivity index (χ1n) is 4.62. The van der Waals surface area contributed by atoms with Crippen LogP contribution in [0.15, 0.2) is 12.2 Å². The minimum absolute atomic E-state index is 0.218. The van der Waals surface area contributed by atoms with Crippen LogP contribution in [0, 0.1) is 0 Å². The van der Waals surface area contributed by atoms with Crippen LogP contribution in [0.4, 0.5) is 0 Å². The molecule has 0 aromatic carbocycles. The average molecular weight is 170 g/mol. The van der Waals surface area contributed by atoms with Gasteiger partial charge < -0.3 is 9.47 Å². The first-order valence-corrected chi connectivity index (χ1v) is 4.62. The van der Waals surface area contributed by atoms with Crippen molar-refractivity contribution in [3.63, 3.8) is 0 Å². The molecule has 0 radical (unpaired) electrons. The monoisotopic (exact) mass is 170 g/mol. The predicted molar refractivity (Wildman–Crippen MR) is 49.2 cm³/mol. The molecule has 0 saturated heterocycles. The molecule has 1 aliphatic rings. The summed E-state index contributed by atoms with van der Waals surface area (Å²) < 4.78 is 10.8. The van der Waals surface area contributed by atoms with Crippen LogP contribution in [0.25, 0.3) is 0 Å². The number of methoxy groups -OCH3 is 1. The highest BCUT2D eigenvalue weighted by molar-refractivity contribution is 5.12. The lowest BCUT2D eigenvalue weighted by Crippen LogP contribution is -2.30. The summed E-state index contributed by atoms with van der Waals surface area (Å²) in [6, 6.07) is 0. The maximum Gasteiger partial charge on any atom is 0.0807 e. The molecule has 2 atom stereocenters. The highest BCUT2D eigenvalue weighted by atomic mass is 16.5. The molecule has 0 bridgehead atoms. The van der Waals surface area contributed by atoms with E-state index < -0.39 is 0 Å². The molecular weight excluding hydrogens is 152 g/mol. The minimum Gasteiger partial charge on any atom is -0.377 e. The third-order valence-corrected chi connectivity index (χ3v) is 2.41. The van der Waals surface area contributed by atoms with Gasteiger partial charge >= 0.3 is 0 Å². The van der Waals surface area contributed by atoms with Crippen molar-refractivity contribution in [2.24, 2.45) is 0 Å². The van der Waals surface area contributed by atoms with Gasteiger partial charge in [-0.15, -0.1) is 0 Å². The number of hydrogen-bond donors (Lipinski definition) is 0. The van der Waals surface area contributed by atoms with Crippen LogP contribution in [-0.4, -0.2) is 25.9 Å². The van der Waals surface area contributed by atoms with Crippen LogP contribution in [0.1, 0.15) is 26.2 Å². The number of ether oxygens (including phenoxy) is 2. The van der Waals surface area contributed by atoms with Gasteiger partial charge in [-0.1, -0.05) is 6.58 Å². The largest absolute Gasteiger partial charge is 0.377 e. The van der Waals surface area contributed by atoms with E-state index in [-0.39, 0.29) is 12.2 Å². The molecule has 0 aromatic heterocycles. The number of rotatable bonds is 3. The summed E-state index contributed by atoms with van der Waals surface area (Å²) >= 11 is 0. The summed E-state index contributed by atoms with van der Waals surface area (Å²) in [5.41, 5.74) is 1.12. The molecule has 12 heavy (non-hydrogen) atoms. The molecule has 1 saturated carbocycles. The molecule has 2 nitrogen and oxygen atoms in total. The minimum atomic E-state index is 0.218. The van der Waals surface area contributed by atoms with Gasteiger partial charge in [-0.05, 0) is 31.8 Å². The zero-order chi connectivity index (χ0) is 8.97. The van der Waals surface area contributed by atoms with Crippen LogP contribution in [0.3, 0.4) is 0 Å². The predicted octanol–water partition coefficient (Wildman–Crippen LogP) is 2.15. The molecule has 1 aliphatic carbocycles. The van der Waals surface area contributed by atoms with Crippen molar-refractivity contribution in [3.05, 3.63) is 12.2 Å². The van der Waals surface area contributed by atoms with E-state index in [1.165, 1.54) is 6.42 Å². The van der Waals surface area contributed by atoms with E-state index >= 15 is 0 Å². The van der Waals surface area contributed by atoms with E-state index in [9.17, 15) is 0 Å². The summed E-state index contributed by atoms with van der Waals surface area (Å²) in [5, 5.41) is 0. The molecule has 0 N–H and O–H groups in total. The van der Waals surface area contributed by atoms with Gasteiger partial charge in [0.15, 0.2) is 0 Å². The molecule has 0 aromatic rings. The van der Waals surface area contributed by atoms with Gasteiger partial charge in [0.1, 0.15) is 0 Å². The Bertz CT molecular complexity index is 152. The Morgan fingerprint density at radius 1 is 1.42 bits per heavy atom.